The summed E-state index contributed by atoms with van der Waals surface area (Å²) in [6.45, 7) is 11.9. The van der Waals surface area contributed by atoms with Crippen LogP contribution in [0.1, 0.15) is 81.9 Å². The quantitative estimate of drug-likeness (QED) is 0.672. The smallest absolute Gasteiger partial charge is 0.229 e. The number of hydrogen-bond acceptors (Lipinski definition) is 11. The Labute approximate surface area is 162 Å². The molecular weight excluding hydrogens is 370 g/mol. The summed E-state index contributed by atoms with van der Waals surface area (Å²) in [6, 6.07) is 0. The first-order valence-electron chi connectivity index (χ1n) is 8.52. The molecule has 3 aromatic rings. The first-order valence-corrected chi connectivity index (χ1v) is 9.34. The minimum Gasteiger partial charge on any atom is -0.428 e. The summed E-state index contributed by atoms with van der Waals surface area (Å²) in [5.74, 6) is 2.64. The van der Waals surface area contributed by atoms with Gasteiger partial charge in [0.15, 0.2) is 5.82 Å². The fourth-order valence-electron chi connectivity index (χ4n) is 1.48. The van der Waals surface area contributed by atoms with Gasteiger partial charge in [0.05, 0.1) is 0 Å². The van der Waals surface area contributed by atoms with E-state index in [4.69, 9.17) is 19.8 Å². The van der Waals surface area contributed by atoms with Crippen molar-refractivity contribution >= 4 is 16.5 Å². The molecule has 3 N–H and O–H groups in total. The Hall–Kier alpha value is -2.40. The van der Waals surface area contributed by atoms with E-state index < -0.39 is 0 Å². The Kier molecular flexibility index (Phi) is 9.51. The van der Waals surface area contributed by atoms with E-state index in [-0.39, 0.29) is 12.5 Å². The van der Waals surface area contributed by atoms with E-state index >= 15 is 0 Å². The average molecular weight is 398 g/mol. The van der Waals surface area contributed by atoms with Crippen LogP contribution in [0.25, 0.3) is 0 Å². The lowest BCUT2D eigenvalue weighted by Crippen LogP contribution is -1.88. The summed E-state index contributed by atoms with van der Waals surface area (Å²) in [5.41, 5.74) is 5.36. The van der Waals surface area contributed by atoms with Gasteiger partial charge in [-0.25, -0.2) is 0 Å². The molecule has 0 aliphatic heterocycles. The van der Waals surface area contributed by atoms with Crippen LogP contribution in [0.15, 0.2) is 15.3 Å². The topological polar surface area (TPSA) is 150 Å². The number of nitrogens with two attached hydrogens (primary N) is 1. The highest BCUT2D eigenvalue weighted by molar-refractivity contribution is 7.15. The molecule has 0 aromatic carbocycles. The second-order valence-corrected chi connectivity index (χ2v) is 7.47. The van der Waals surface area contributed by atoms with Crippen molar-refractivity contribution in [3.8, 4) is 0 Å². The van der Waals surface area contributed by atoms with Gasteiger partial charge in [0.2, 0.25) is 23.3 Å². The molecule has 27 heavy (non-hydrogen) atoms. The first-order chi connectivity index (χ1) is 12.7. The number of aliphatic hydroxyl groups excluding tert-OH is 1. The van der Waals surface area contributed by atoms with Crippen LogP contribution in [-0.4, -0.2) is 35.6 Å². The van der Waals surface area contributed by atoms with E-state index in [2.05, 4.69) is 44.4 Å². The zero-order chi connectivity index (χ0) is 20.4. The molecule has 3 aromatic heterocycles. The average Bonchev–Trinajstić information content (AvgIpc) is 3.37. The Morgan fingerprint density at radius 1 is 1.00 bits per heavy atom. The number of aromatic nitrogens is 6. The fourth-order valence-corrected chi connectivity index (χ4v) is 2.09. The molecule has 11 heteroatoms. The maximum Gasteiger partial charge on any atom is 0.229 e. The Balaban J connectivity index is 0.000000204. The summed E-state index contributed by atoms with van der Waals surface area (Å²) in [7, 11) is 0. The minimum atomic E-state index is -0.157. The van der Waals surface area contributed by atoms with Crippen LogP contribution in [0.5, 0.6) is 0 Å². The molecule has 150 valence electrons. The lowest BCUT2D eigenvalue weighted by Gasteiger charge is -1.92. The third kappa shape index (κ3) is 8.22. The zero-order valence-corrected chi connectivity index (χ0v) is 17.3. The first kappa shape index (κ1) is 22.6. The highest BCUT2D eigenvalue weighted by Crippen LogP contribution is 2.19. The highest BCUT2D eigenvalue weighted by atomic mass is 32.1. The number of nitrogen functional groups attached to an aromatic ring is 1. The van der Waals surface area contributed by atoms with E-state index in [9.17, 15) is 0 Å². The molecule has 0 aliphatic rings. The summed E-state index contributed by atoms with van der Waals surface area (Å²) in [5, 5.41) is 28.4. The van der Waals surface area contributed by atoms with Crippen molar-refractivity contribution in [2.75, 3.05) is 5.73 Å². The molecule has 0 radical (unpaired) electrons. The summed E-state index contributed by atoms with van der Waals surface area (Å²) >= 11 is 1.45. The van der Waals surface area contributed by atoms with Crippen LogP contribution in [0.2, 0.25) is 0 Å². The van der Waals surface area contributed by atoms with E-state index in [1.165, 1.54) is 17.7 Å². The van der Waals surface area contributed by atoms with E-state index in [1.54, 1.807) is 0 Å². The van der Waals surface area contributed by atoms with Gasteiger partial charge in [-0.3, -0.25) is 0 Å². The van der Waals surface area contributed by atoms with Crippen molar-refractivity contribution in [2.24, 2.45) is 0 Å². The molecule has 0 saturated heterocycles. The molecular formula is C16H27N7O3S. The third-order valence-corrected chi connectivity index (χ3v) is 3.99. The molecule has 0 atom stereocenters. The molecule has 3 heterocycles. The van der Waals surface area contributed by atoms with E-state index in [0.717, 1.165) is 5.01 Å². The van der Waals surface area contributed by atoms with Gasteiger partial charge in [-0.05, 0) is 0 Å². The molecule has 0 amide bonds. The van der Waals surface area contributed by atoms with Gasteiger partial charge in [-0.1, -0.05) is 58.0 Å². The second-order valence-electron chi connectivity index (χ2n) is 6.43. The normalized spacial score (nSPS) is 10.6. The van der Waals surface area contributed by atoms with Gasteiger partial charge in [-0.2, -0.15) is 4.98 Å². The zero-order valence-electron chi connectivity index (χ0n) is 16.4. The van der Waals surface area contributed by atoms with Crippen molar-refractivity contribution in [3.05, 3.63) is 29.0 Å². The molecule has 0 spiro atoms. The maximum absolute atomic E-state index is 8.55. The van der Waals surface area contributed by atoms with E-state index in [1.807, 2.05) is 27.7 Å². The summed E-state index contributed by atoms with van der Waals surface area (Å²) in [4.78, 5) is 3.90. The predicted molar refractivity (Wildman–Crippen MR) is 101 cm³/mol. The largest absolute Gasteiger partial charge is 0.428 e. The third-order valence-electron chi connectivity index (χ3n) is 2.94. The van der Waals surface area contributed by atoms with Crippen LogP contribution in [-0.2, 0) is 6.61 Å². The SMILES string of the molecule is CC(C)c1nc(CO)no1.CC(C)c1nnc(N)s1.CC(C)c1nnco1. The van der Waals surface area contributed by atoms with Crippen LogP contribution >= 0.6 is 11.3 Å². The standard InChI is InChI=1S/C6H10N2O2.C5H9N3S.C5H8N2O/c1-4(2)6-7-5(3-9)8-10-6;1-3(2)4-7-8-5(6)9-4;1-4(2)5-7-6-3-8-5/h4,9H,3H2,1-2H3;3H,1-2H3,(H2,6,8);3-4H,1-2H3. The Bertz CT molecular complexity index is 754. The summed E-state index contributed by atoms with van der Waals surface area (Å²) < 4.78 is 9.67. The number of aliphatic hydroxyl groups is 1. The van der Waals surface area contributed by atoms with Gasteiger partial charge < -0.3 is 19.8 Å². The minimum absolute atomic E-state index is 0.157. The molecule has 3 rings (SSSR count). The van der Waals surface area contributed by atoms with Crippen molar-refractivity contribution in [1.29, 1.82) is 0 Å². The summed E-state index contributed by atoms with van der Waals surface area (Å²) in [6.07, 6.45) is 1.34. The molecule has 10 nitrogen and oxygen atoms in total. The number of nitrogens with zero attached hydrogens (tertiary/aromatic N) is 6. The van der Waals surface area contributed by atoms with Gasteiger partial charge in [0.1, 0.15) is 11.6 Å². The van der Waals surface area contributed by atoms with Crippen molar-refractivity contribution in [3.63, 3.8) is 0 Å². The van der Waals surface area contributed by atoms with Crippen molar-refractivity contribution in [2.45, 2.75) is 65.9 Å². The van der Waals surface area contributed by atoms with Crippen LogP contribution < -0.4 is 5.73 Å². The van der Waals surface area contributed by atoms with Crippen molar-refractivity contribution < 1.29 is 14.0 Å². The van der Waals surface area contributed by atoms with Gasteiger partial charge in [0, 0.05) is 17.8 Å². The van der Waals surface area contributed by atoms with Crippen LogP contribution in [0.3, 0.4) is 0 Å². The van der Waals surface area contributed by atoms with Crippen LogP contribution in [0.4, 0.5) is 5.13 Å². The predicted octanol–water partition coefficient (Wildman–Crippen LogP) is 3.12. The van der Waals surface area contributed by atoms with Crippen molar-refractivity contribution in [1.82, 2.24) is 30.5 Å². The van der Waals surface area contributed by atoms with Gasteiger partial charge in [-0.15, -0.1) is 20.4 Å². The molecule has 0 fully saturated rings. The molecule has 0 bridgehead atoms. The van der Waals surface area contributed by atoms with Gasteiger partial charge in [0.25, 0.3) is 0 Å². The Morgan fingerprint density at radius 3 is 1.93 bits per heavy atom. The molecule has 0 aliphatic carbocycles. The second kappa shape index (κ2) is 11.3. The molecule has 0 saturated carbocycles. The number of rotatable bonds is 4. The maximum atomic E-state index is 8.55. The Morgan fingerprint density at radius 2 is 1.67 bits per heavy atom. The number of hydrogen-bond donors (Lipinski definition) is 2. The molecule has 0 unspecified atom stereocenters. The van der Waals surface area contributed by atoms with Crippen LogP contribution in [0, 0.1) is 0 Å². The highest BCUT2D eigenvalue weighted by Gasteiger charge is 2.07. The monoisotopic (exact) mass is 397 g/mol. The van der Waals surface area contributed by atoms with Gasteiger partial charge >= 0.3 is 0 Å². The van der Waals surface area contributed by atoms with E-state index in [0.29, 0.717) is 34.6 Å². The lowest BCUT2D eigenvalue weighted by atomic mass is 10.2. The fraction of sp³-hybridized carbons (Fsp3) is 0.625. The number of anilines is 1. The lowest BCUT2D eigenvalue weighted by molar-refractivity contribution is 0.262.